The molecule has 0 aliphatic carbocycles. The van der Waals surface area contributed by atoms with Crippen LogP contribution in [-0.4, -0.2) is 33.3 Å². The van der Waals surface area contributed by atoms with Gasteiger partial charge in [0.15, 0.2) is 5.96 Å². The zero-order valence-electron chi connectivity index (χ0n) is 15.2. The highest BCUT2D eigenvalue weighted by Crippen LogP contribution is 2.19. The molecule has 1 aromatic carbocycles. The largest absolute Gasteiger partial charge is 0.496 e. The summed E-state index contributed by atoms with van der Waals surface area (Å²) < 4.78 is 16.2. The Morgan fingerprint density at radius 3 is 2.84 bits per heavy atom. The second-order valence-electron chi connectivity index (χ2n) is 5.65. The number of hydrogen-bond acceptors (Lipinski definition) is 4. The monoisotopic (exact) mass is 345 g/mol. The second kappa shape index (κ2) is 10.4. The molecule has 2 aromatic rings. The third-order valence-corrected chi connectivity index (χ3v) is 3.69. The third-order valence-electron chi connectivity index (χ3n) is 3.69. The van der Waals surface area contributed by atoms with Crippen LogP contribution in [0.15, 0.2) is 46.0 Å². The van der Waals surface area contributed by atoms with Gasteiger partial charge in [-0.15, -0.1) is 0 Å². The number of furan rings is 1. The molecule has 1 aromatic heterocycles. The predicted octanol–water partition coefficient (Wildman–Crippen LogP) is 2.87. The van der Waals surface area contributed by atoms with Crippen molar-refractivity contribution in [2.75, 3.05) is 27.3 Å². The predicted molar refractivity (Wildman–Crippen MR) is 98.9 cm³/mol. The fourth-order valence-corrected chi connectivity index (χ4v) is 2.35. The van der Waals surface area contributed by atoms with Gasteiger partial charge in [-0.2, -0.15) is 0 Å². The first-order valence-electron chi connectivity index (χ1n) is 8.41. The normalized spacial score (nSPS) is 11.4. The minimum absolute atomic E-state index is 0.507. The topological polar surface area (TPSA) is 68.0 Å². The summed E-state index contributed by atoms with van der Waals surface area (Å²) in [7, 11) is 3.45. The quantitative estimate of drug-likeness (QED) is 0.415. The number of methoxy groups -OCH3 is 1. The maximum absolute atomic E-state index is 5.55. The van der Waals surface area contributed by atoms with Crippen molar-refractivity contribution in [3.8, 4) is 5.75 Å². The lowest BCUT2D eigenvalue weighted by molar-refractivity contribution is 0.105. The molecule has 0 saturated heterocycles. The molecule has 136 valence electrons. The fourth-order valence-electron chi connectivity index (χ4n) is 2.35. The Labute approximate surface area is 149 Å². The molecule has 2 rings (SSSR count). The highest BCUT2D eigenvalue weighted by atomic mass is 16.5. The smallest absolute Gasteiger partial charge is 0.191 e. The number of nitrogens with zero attached hydrogens (tertiary/aromatic N) is 1. The lowest BCUT2D eigenvalue weighted by Crippen LogP contribution is -2.37. The first-order valence-corrected chi connectivity index (χ1v) is 8.41. The molecule has 2 N–H and O–H groups in total. The molecule has 0 spiro atoms. The van der Waals surface area contributed by atoms with E-state index in [-0.39, 0.29) is 0 Å². The molecule has 0 fully saturated rings. The molecule has 6 heteroatoms. The van der Waals surface area contributed by atoms with Crippen LogP contribution in [0.1, 0.15) is 23.3 Å². The van der Waals surface area contributed by atoms with Gasteiger partial charge in [-0.1, -0.05) is 12.1 Å². The number of guanidine groups is 1. The van der Waals surface area contributed by atoms with Crippen LogP contribution in [0.2, 0.25) is 0 Å². The molecule has 0 unspecified atom stereocenters. The summed E-state index contributed by atoms with van der Waals surface area (Å²) in [6, 6.07) is 9.94. The van der Waals surface area contributed by atoms with Crippen molar-refractivity contribution < 1.29 is 13.9 Å². The molecule has 6 nitrogen and oxygen atoms in total. The maximum Gasteiger partial charge on any atom is 0.191 e. The molecule has 0 bridgehead atoms. The number of aryl methyl sites for hydroxylation is 1. The van der Waals surface area contributed by atoms with E-state index in [4.69, 9.17) is 13.9 Å². The average Bonchev–Trinajstić information content (AvgIpc) is 3.14. The second-order valence-corrected chi connectivity index (χ2v) is 5.65. The Bertz CT molecular complexity index is 654. The zero-order chi connectivity index (χ0) is 17.9. The van der Waals surface area contributed by atoms with Crippen molar-refractivity contribution in [1.82, 2.24) is 10.6 Å². The van der Waals surface area contributed by atoms with Crippen LogP contribution in [0.3, 0.4) is 0 Å². The number of hydrogen-bond donors (Lipinski definition) is 2. The Balaban J connectivity index is 1.65. The molecule has 0 atom stereocenters. The zero-order valence-corrected chi connectivity index (χ0v) is 15.2. The van der Waals surface area contributed by atoms with Crippen LogP contribution in [0.25, 0.3) is 0 Å². The molecular formula is C19H27N3O3. The van der Waals surface area contributed by atoms with E-state index in [2.05, 4.69) is 27.8 Å². The number of nitrogens with one attached hydrogen (secondary N) is 2. The van der Waals surface area contributed by atoms with Crippen LogP contribution in [0.4, 0.5) is 0 Å². The van der Waals surface area contributed by atoms with E-state index in [1.165, 1.54) is 5.56 Å². The lowest BCUT2D eigenvalue weighted by atomic mass is 10.1. The first-order chi connectivity index (χ1) is 12.2. The van der Waals surface area contributed by atoms with Crippen LogP contribution in [0.5, 0.6) is 5.75 Å². The Morgan fingerprint density at radius 1 is 1.24 bits per heavy atom. The van der Waals surface area contributed by atoms with E-state index < -0.39 is 0 Å². The number of aliphatic imine (C=N–C) groups is 1. The van der Waals surface area contributed by atoms with Gasteiger partial charge in [0, 0.05) is 32.3 Å². The summed E-state index contributed by atoms with van der Waals surface area (Å²) in [6.07, 6.45) is 2.54. The minimum atomic E-state index is 0.507. The van der Waals surface area contributed by atoms with Crippen molar-refractivity contribution >= 4 is 5.96 Å². The van der Waals surface area contributed by atoms with Crippen molar-refractivity contribution in [3.05, 3.63) is 53.5 Å². The third kappa shape index (κ3) is 6.51. The minimum Gasteiger partial charge on any atom is -0.496 e. The van der Waals surface area contributed by atoms with E-state index in [1.54, 1.807) is 20.4 Å². The molecule has 0 aliphatic rings. The summed E-state index contributed by atoms with van der Waals surface area (Å²) in [5.41, 5.74) is 2.27. The number of benzene rings is 1. The molecule has 0 aliphatic heterocycles. The van der Waals surface area contributed by atoms with Crippen molar-refractivity contribution in [2.24, 2.45) is 4.99 Å². The van der Waals surface area contributed by atoms with E-state index in [9.17, 15) is 0 Å². The molecule has 0 amide bonds. The van der Waals surface area contributed by atoms with Crippen LogP contribution < -0.4 is 15.4 Å². The van der Waals surface area contributed by atoms with Gasteiger partial charge in [-0.25, -0.2) is 0 Å². The van der Waals surface area contributed by atoms with Crippen molar-refractivity contribution in [2.45, 2.75) is 26.5 Å². The van der Waals surface area contributed by atoms with E-state index >= 15 is 0 Å². The van der Waals surface area contributed by atoms with Gasteiger partial charge in [0.1, 0.15) is 18.1 Å². The molecule has 1 heterocycles. The lowest BCUT2D eigenvalue weighted by Gasteiger charge is -2.14. The SMILES string of the molecule is CN=C(NCCCOCc1ccco1)NCc1ccc(C)cc1OC. The number of ether oxygens (including phenoxy) is 2. The van der Waals surface area contributed by atoms with Gasteiger partial charge >= 0.3 is 0 Å². The van der Waals surface area contributed by atoms with Gasteiger partial charge in [0.25, 0.3) is 0 Å². The summed E-state index contributed by atoms with van der Waals surface area (Å²) in [6.45, 7) is 4.65. The van der Waals surface area contributed by atoms with Gasteiger partial charge in [0.2, 0.25) is 0 Å². The van der Waals surface area contributed by atoms with E-state index in [0.29, 0.717) is 19.8 Å². The van der Waals surface area contributed by atoms with Gasteiger partial charge in [-0.05, 0) is 37.1 Å². The summed E-state index contributed by atoms with van der Waals surface area (Å²) in [5.74, 6) is 2.49. The Kier molecular flexibility index (Phi) is 7.85. The Morgan fingerprint density at radius 2 is 2.12 bits per heavy atom. The summed E-state index contributed by atoms with van der Waals surface area (Å²) in [4.78, 5) is 4.23. The highest BCUT2D eigenvalue weighted by Gasteiger charge is 2.04. The van der Waals surface area contributed by atoms with Gasteiger partial charge in [0.05, 0.1) is 13.4 Å². The van der Waals surface area contributed by atoms with E-state index in [1.807, 2.05) is 25.1 Å². The Hall–Kier alpha value is -2.47. The van der Waals surface area contributed by atoms with Crippen LogP contribution in [0, 0.1) is 6.92 Å². The van der Waals surface area contributed by atoms with E-state index in [0.717, 1.165) is 36.0 Å². The molecule has 25 heavy (non-hydrogen) atoms. The highest BCUT2D eigenvalue weighted by molar-refractivity contribution is 5.79. The summed E-state index contributed by atoms with van der Waals surface area (Å²) in [5, 5.41) is 6.57. The first kappa shape index (κ1) is 18.9. The molecular weight excluding hydrogens is 318 g/mol. The molecule has 0 radical (unpaired) electrons. The van der Waals surface area contributed by atoms with Crippen LogP contribution in [-0.2, 0) is 17.9 Å². The van der Waals surface area contributed by atoms with Gasteiger partial charge < -0.3 is 24.5 Å². The number of rotatable bonds is 9. The summed E-state index contributed by atoms with van der Waals surface area (Å²) >= 11 is 0. The average molecular weight is 345 g/mol. The van der Waals surface area contributed by atoms with Crippen LogP contribution >= 0.6 is 0 Å². The fraction of sp³-hybridized carbons (Fsp3) is 0.421. The molecule has 0 saturated carbocycles. The maximum atomic E-state index is 5.55. The standard InChI is InChI=1S/C19H27N3O3/c1-15-7-8-16(18(12-15)23-3)13-22-19(20-2)21-9-5-10-24-14-17-6-4-11-25-17/h4,6-8,11-12H,5,9-10,13-14H2,1-3H3,(H2,20,21,22). The van der Waals surface area contributed by atoms with Crippen molar-refractivity contribution in [3.63, 3.8) is 0 Å². The van der Waals surface area contributed by atoms with Gasteiger partial charge in [-0.3, -0.25) is 4.99 Å². The van der Waals surface area contributed by atoms with Crippen molar-refractivity contribution in [1.29, 1.82) is 0 Å².